The molecule has 1 aromatic carbocycles. The van der Waals surface area contributed by atoms with E-state index in [-0.39, 0.29) is 0 Å². The third-order valence-corrected chi connectivity index (χ3v) is 2.64. The molecule has 1 aromatic rings. The largest absolute Gasteiger partial charge is 0.0758 e. The van der Waals surface area contributed by atoms with Crippen LogP contribution >= 0.6 is 0 Å². The highest BCUT2D eigenvalue weighted by molar-refractivity contribution is 5.44. The Morgan fingerprint density at radius 2 is 1.92 bits per heavy atom. The predicted octanol–water partition coefficient (Wildman–Crippen LogP) is 1.99. The quantitative estimate of drug-likeness (QED) is 0.561. The molecule has 0 heterocycles. The minimum absolute atomic E-state index is 0.336. The molecule has 1 aliphatic carbocycles. The molecule has 0 spiro atoms. The molecule has 0 fully saturated rings. The fourth-order valence-electron chi connectivity index (χ4n) is 1.86. The second-order valence-electron chi connectivity index (χ2n) is 4.67. The molecule has 0 bridgehead atoms. The first-order valence-corrected chi connectivity index (χ1v) is 4.87. The molecule has 0 saturated heterocycles. The molecule has 0 nitrogen and oxygen atoms in total. The molecule has 0 N–H and O–H groups in total. The highest BCUT2D eigenvalue weighted by atomic mass is 14.2. The topological polar surface area (TPSA) is 0 Å². The van der Waals surface area contributed by atoms with E-state index in [0.717, 1.165) is 6.42 Å². The van der Waals surface area contributed by atoms with Crippen molar-refractivity contribution < 1.29 is 0 Å². The van der Waals surface area contributed by atoms with E-state index >= 15 is 0 Å². The van der Waals surface area contributed by atoms with Gasteiger partial charge in [0.25, 0.3) is 0 Å². The zero-order valence-electron chi connectivity index (χ0n) is 8.59. The summed E-state index contributed by atoms with van der Waals surface area (Å²) in [5, 5.41) is 2.79. The molecule has 13 heavy (non-hydrogen) atoms. The maximum absolute atomic E-state index is 2.38. The van der Waals surface area contributed by atoms with Crippen molar-refractivity contribution >= 4 is 12.2 Å². The molecular formula is C13H16. The van der Waals surface area contributed by atoms with Crippen molar-refractivity contribution in [2.75, 3.05) is 0 Å². The Labute approximate surface area is 79.6 Å². The van der Waals surface area contributed by atoms with Gasteiger partial charge in [0.05, 0.1) is 0 Å². The second-order valence-corrected chi connectivity index (χ2v) is 4.67. The summed E-state index contributed by atoms with van der Waals surface area (Å²) in [5.41, 5.74) is 1.69. The summed E-state index contributed by atoms with van der Waals surface area (Å²) in [6.07, 6.45) is 5.88. The number of hydrogen-bond acceptors (Lipinski definition) is 0. The van der Waals surface area contributed by atoms with Gasteiger partial charge in [-0.3, -0.25) is 0 Å². The van der Waals surface area contributed by atoms with E-state index in [1.165, 1.54) is 16.0 Å². The molecule has 0 aliphatic heterocycles. The highest BCUT2D eigenvalue weighted by Gasteiger charge is 2.14. The summed E-state index contributed by atoms with van der Waals surface area (Å²) in [7, 11) is 0. The summed E-state index contributed by atoms with van der Waals surface area (Å²) < 4.78 is 0. The van der Waals surface area contributed by atoms with Crippen molar-refractivity contribution in [2.45, 2.75) is 27.2 Å². The number of rotatable bonds is 0. The van der Waals surface area contributed by atoms with Gasteiger partial charge in [-0.1, -0.05) is 49.8 Å². The molecule has 0 atom stereocenters. The second kappa shape index (κ2) is 2.73. The van der Waals surface area contributed by atoms with Gasteiger partial charge in [-0.15, -0.1) is 0 Å². The Hall–Kier alpha value is -1.04. The first kappa shape index (κ1) is 8.55. The minimum atomic E-state index is 0.336. The molecule has 0 unspecified atom stereocenters. The van der Waals surface area contributed by atoms with Crippen LogP contribution in [0.25, 0.3) is 12.2 Å². The lowest BCUT2D eigenvalue weighted by Gasteiger charge is -2.20. The van der Waals surface area contributed by atoms with Crippen molar-refractivity contribution in [3.05, 3.63) is 34.2 Å². The Balaban J connectivity index is 2.71. The molecule has 0 saturated carbocycles. The van der Waals surface area contributed by atoms with Crippen LogP contribution in [0.4, 0.5) is 0 Å². The summed E-state index contributed by atoms with van der Waals surface area (Å²) in [4.78, 5) is 0. The standard InChI is InChI=1S/C13H16/c1-10-4-5-12-9-13(2,3)7-6-11(12)8-10/h4-6,8-9H,7H2,1-3H3. The summed E-state index contributed by atoms with van der Waals surface area (Å²) in [6, 6.07) is 6.67. The van der Waals surface area contributed by atoms with Crippen LogP contribution in [-0.2, 0) is 0 Å². The average Bonchev–Trinajstić information content (AvgIpc) is 2.05. The first-order chi connectivity index (χ1) is 6.07. The maximum atomic E-state index is 2.38. The van der Waals surface area contributed by atoms with Gasteiger partial charge in [0, 0.05) is 0 Å². The van der Waals surface area contributed by atoms with E-state index in [1.54, 1.807) is 0 Å². The third kappa shape index (κ3) is 1.67. The van der Waals surface area contributed by atoms with Crippen LogP contribution in [0, 0.1) is 12.3 Å². The number of aryl methyl sites for hydroxylation is 1. The zero-order valence-corrected chi connectivity index (χ0v) is 8.59. The molecule has 68 valence electrons. The molecule has 0 radical (unpaired) electrons. The Morgan fingerprint density at radius 3 is 2.69 bits per heavy atom. The van der Waals surface area contributed by atoms with Crippen molar-refractivity contribution in [1.29, 1.82) is 0 Å². The molecular weight excluding hydrogens is 156 g/mol. The lowest BCUT2D eigenvalue weighted by atomic mass is 9.84. The van der Waals surface area contributed by atoms with E-state index in [0.29, 0.717) is 5.41 Å². The maximum Gasteiger partial charge on any atom is -0.0131 e. The average molecular weight is 172 g/mol. The molecule has 1 aliphatic rings. The van der Waals surface area contributed by atoms with Gasteiger partial charge in [0.2, 0.25) is 0 Å². The van der Waals surface area contributed by atoms with Crippen molar-refractivity contribution in [1.82, 2.24) is 0 Å². The van der Waals surface area contributed by atoms with Crippen LogP contribution in [-0.4, -0.2) is 0 Å². The zero-order chi connectivity index (χ0) is 9.47. The highest BCUT2D eigenvalue weighted by Crippen LogP contribution is 2.23. The molecule has 2 rings (SSSR count). The summed E-state index contributed by atoms with van der Waals surface area (Å²) in [6.45, 7) is 6.71. The van der Waals surface area contributed by atoms with Crippen molar-refractivity contribution in [3.63, 3.8) is 0 Å². The van der Waals surface area contributed by atoms with Crippen molar-refractivity contribution in [2.24, 2.45) is 5.41 Å². The minimum Gasteiger partial charge on any atom is -0.0758 e. The smallest absolute Gasteiger partial charge is 0.0131 e. The Bertz CT molecular complexity index is 436. The van der Waals surface area contributed by atoms with E-state index in [4.69, 9.17) is 0 Å². The van der Waals surface area contributed by atoms with Gasteiger partial charge in [0.1, 0.15) is 0 Å². The lowest BCUT2D eigenvalue weighted by Crippen LogP contribution is -2.31. The van der Waals surface area contributed by atoms with E-state index in [9.17, 15) is 0 Å². The van der Waals surface area contributed by atoms with Crippen molar-refractivity contribution in [3.8, 4) is 0 Å². The number of fused-ring (bicyclic) bond motifs is 1. The van der Waals surface area contributed by atoms with Gasteiger partial charge < -0.3 is 0 Å². The molecule has 0 heteroatoms. The summed E-state index contributed by atoms with van der Waals surface area (Å²) in [5.74, 6) is 0. The first-order valence-electron chi connectivity index (χ1n) is 4.87. The SMILES string of the molecule is Cc1ccc2c(c1)=CCC(C)(C)C=2. The normalized spacial score (nSPS) is 18.4. The predicted molar refractivity (Wildman–Crippen MR) is 57.8 cm³/mol. The Kier molecular flexibility index (Phi) is 1.80. The van der Waals surface area contributed by atoms with Crippen LogP contribution < -0.4 is 10.4 Å². The van der Waals surface area contributed by atoms with E-state index in [2.05, 4.69) is 51.1 Å². The number of benzene rings is 1. The molecule has 0 aromatic heterocycles. The van der Waals surface area contributed by atoms with E-state index < -0.39 is 0 Å². The van der Waals surface area contributed by atoms with Gasteiger partial charge in [-0.05, 0) is 29.2 Å². The third-order valence-electron chi connectivity index (χ3n) is 2.64. The van der Waals surface area contributed by atoms with E-state index in [1.807, 2.05) is 0 Å². The van der Waals surface area contributed by atoms with Gasteiger partial charge in [0.15, 0.2) is 0 Å². The lowest BCUT2D eigenvalue weighted by molar-refractivity contribution is 0.534. The van der Waals surface area contributed by atoms with Gasteiger partial charge in [-0.2, -0.15) is 0 Å². The molecule has 0 amide bonds. The van der Waals surface area contributed by atoms with Crippen LogP contribution in [0.5, 0.6) is 0 Å². The number of hydrogen-bond donors (Lipinski definition) is 0. The monoisotopic (exact) mass is 172 g/mol. The fraction of sp³-hybridized carbons (Fsp3) is 0.385. The van der Waals surface area contributed by atoms with Crippen LogP contribution in [0.15, 0.2) is 18.2 Å². The fourth-order valence-corrected chi connectivity index (χ4v) is 1.86. The Morgan fingerprint density at radius 1 is 1.15 bits per heavy atom. The van der Waals surface area contributed by atoms with Gasteiger partial charge >= 0.3 is 0 Å². The summed E-state index contributed by atoms with van der Waals surface area (Å²) >= 11 is 0. The van der Waals surface area contributed by atoms with Crippen LogP contribution in [0.1, 0.15) is 25.8 Å². The van der Waals surface area contributed by atoms with Crippen LogP contribution in [0.3, 0.4) is 0 Å². The van der Waals surface area contributed by atoms with Crippen LogP contribution in [0.2, 0.25) is 0 Å². The van der Waals surface area contributed by atoms with Gasteiger partial charge in [-0.25, -0.2) is 0 Å².